The molecule has 3 atom stereocenters. The molecule has 3 rings (SSSR count). The molecule has 0 radical (unpaired) electrons. The zero-order valence-electron chi connectivity index (χ0n) is 15.5. The van der Waals surface area contributed by atoms with Crippen LogP contribution in [-0.2, 0) is 15.0 Å². The number of carbonyl (C=O) groups excluding carboxylic acids is 1. The molecule has 142 valence electrons. The van der Waals surface area contributed by atoms with Crippen LogP contribution in [0, 0.1) is 11.8 Å². The molecule has 2 aliphatic rings. The molecular formula is C19H24Cl2N2O3. The molecule has 0 aromatic heterocycles. The highest BCUT2D eigenvalue weighted by molar-refractivity contribution is 6.42. The molecule has 0 spiro atoms. The third-order valence-electron chi connectivity index (χ3n) is 4.98. The lowest BCUT2D eigenvalue weighted by atomic mass is 9.93. The zero-order valence-corrected chi connectivity index (χ0v) is 17.0. The normalized spacial score (nSPS) is 27.5. The first-order valence-corrected chi connectivity index (χ1v) is 9.53. The lowest BCUT2D eigenvalue weighted by Crippen LogP contribution is -2.39. The van der Waals surface area contributed by atoms with Gasteiger partial charge in [0, 0.05) is 30.6 Å². The van der Waals surface area contributed by atoms with Gasteiger partial charge in [-0.25, -0.2) is 4.79 Å². The molecule has 1 aliphatic heterocycles. The van der Waals surface area contributed by atoms with Crippen LogP contribution in [0.1, 0.15) is 33.3 Å². The molecule has 1 aliphatic carbocycles. The summed E-state index contributed by atoms with van der Waals surface area (Å²) < 4.78 is 5.53. The number of benzene rings is 1. The van der Waals surface area contributed by atoms with Crippen molar-refractivity contribution in [2.75, 3.05) is 19.7 Å². The van der Waals surface area contributed by atoms with Gasteiger partial charge in [-0.15, -0.1) is 0 Å². The number of halogens is 2. The van der Waals surface area contributed by atoms with E-state index in [1.807, 2.05) is 46.0 Å². The molecule has 2 fully saturated rings. The van der Waals surface area contributed by atoms with E-state index < -0.39 is 5.60 Å². The Labute approximate surface area is 164 Å². The zero-order chi connectivity index (χ0) is 19.1. The molecular weight excluding hydrogens is 375 g/mol. The maximum Gasteiger partial charge on any atom is 0.410 e. The van der Waals surface area contributed by atoms with Crippen LogP contribution in [0.15, 0.2) is 23.4 Å². The van der Waals surface area contributed by atoms with Crippen molar-refractivity contribution in [3.05, 3.63) is 33.8 Å². The van der Waals surface area contributed by atoms with E-state index in [4.69, 9.17) is 32.8 Å². The van der Waals surface area contributed by atoms with Gasteiger partial charge < -0.3 is 14.5 Å². The van der Waals surface area contributed by atoms with Crippen LogP contribution < -0.4 is 0 Å². The molecule has 3 unspecified atom stereocenters. The SMILES string of the molecule is CCO/N=C/C1C2CN(C(=O)OC(C)(C)C)CC12c1ccc(Cl)c(Cl)c1. The average Bonchev–Trinajstić information content (AvgIpc) is 2.96. The monoisotopic (exact) mass is 398 g/mol. The minimum atomic E-state index is -0.517. The van der Waals surface area contributed by atoms with E-state index in [1.165, 1.54) is 0 Å². The van der Waals surface area contributed by atoms with Crippen molar-refractivity contribution in [3.63, 3.8) is 0 Å². The molecule has 5 nitrogen and oxygen atoms in total. The second-order valence-electron chi connectivity index (χ2n) is 7.83. The van der Waals surface area contributed by atoms with Crippen LogP contribution in [0.4, 0.5) is 4.79 Å². The molecule has 1 saturated heterocycles. The fourth-order valence-corrected chi connectivity index (χ4v) is 4.13. The van der Waals surface area contributed by atoms with Crippen molar-refractivity contribution in [2.24, 2.45) is 17.0 Å². The fraction of sp³-hybridized carbons (Fsp3) is 0.579. The first kappa shape index (κ1) is 19.3. The van der Waals surface area contributed by atoms with Crippen molar-refractivity contribution < 1.29 is 14.4 Å². The standard InChI is InChI=1S/C19H24Cl2N2O3/c1-5-25-22-9-13-14-10-23(17(24)26-18(2,3)4)11-19(13,14)12-6-7-15(20)16(21)8-12/h6-9,13-14H,5,10-11H2,1-4H3/b22-9+. The Balaban J connectivity index is 1.84. The summed E-state index contributed by atoms with van der Waals surface area (Å²) in [5.41, 5.74) is 0.332. The summed E-state index contributed by atoms with van der Waals surface area (Å²) in [6.07, 6.45) is 1.56. The Morgan fingerprint density at radius 3 is 2.73 bits per heavy atom. The first-order chi connectivity index (χ1) is 12.2. The number of fused-ring (bicyclic) bond motifs is 1. The summed E-state index contributed by atoms with van der Waals surface area (Å²) in [7, 11) is 0. The van der Waals surface area contributed by atoms with E-state index in [-0.39, 0.29) is 23.3 Å². The third kappa shape index (κ3) is 3.52. The number of likely N-dealkylation sites (tertiary alicyclic amines) is 1. The molecule has 1 saturated carbocycles. The quantitative estimate of drug-likeness (QED) is 0.542. The third-order valence-corrected chi connectivity index (χ3v) is 5.72. The predicted molar refractivity (Wildman–Crippen MR) is 103 cm³/mol. The Morgan fingerprint density at radius 2 is 2.12 bits per heavy atom. The lowest BCUT2D eigenvalue weighted by molar-refractivity contribution is 0.0266. The van der Waals surface area contributed by atoms with Crippen molar-refractivity contribution in [2.45, 2.75) is 38.7 Å². The van der Waals surface area contributed by atoms with Crippen molar-refractivity contribution in [1.82, 2.24) is 4.90 Å². The first-order valence-electron chi connectivity index (χ1n) is 8.78. The fourth-order valence-electron chi connectivity index (χ4n) is 3.84. The highest BCUT2D eigenvalue weighted by Gasteiger charge is 2.70. The van der Waals surface area contributed by atoms with E-state index in [0.29, 0.717) is 29.7 Å². The summed E-state index contributed by atoms with van der Waals surface area (Å²) in [6.45, 7) is 9.21. The number of rotatable bonds is 4. The Hall–Kier alpha value is -1.46. The van der Waals surface area contributed by atoms with Gasteiger partial charge in [-0.2, -0.15) is 0 Å². The molecule has 7 heteroatoms. The maximum absolute atomic E-state index is 12.5. The van der Waals surface area contributed by atoms with Gasteiger partial charge >= 0.3 is 6.09 Å². The van der Waals surface area contributed by atoms with Gasteiger partial charge in [0.1, 0.15) is 12.2 Å². The van der Waals surface area contributed by atoms with E-state index >= 15 is 0 Å². The number of hydrogen-bond acceptors (Lipinski definition) is 4. The van der Waals surface area contributed by atoms with Crippen LogP contribution in [-0.4, -0.2) is 42.5 Å². The minimum absolute atomic E-state index is 0.199. The average molecular weight is 399 g/mol. The Kier molecular flexibility index (Phi) is 5.15. The van der Waals surface area contributed by atoms with Crippen molar-refractivity contribution >= 4 is 35.5 Å². The van der Waals surface area contributed by atoms with E-state index in [0.717, 1.165) is 5.56 Å². The van der Waals surface area contributed by atoms with Crippen molar-refractivity contribution in [3.8, 4) is 0 Å². The molecule has 0 N–H and O–H groups in total. The van der Waals surface area contributed by atoms with Crippen LogP contribution in [0.25, 0.3) is 0 Å². The molecule has 1 heterocycles. The smallest absolute Gasteiger partial charge is 0.410 e. The topological polar surface area (TPSA) is 51.1 Å². The molecule has 0 bridgehead atoms. The maximum atomic E-state index is 12.5. The van der Waals surface area contributed by atoms with Gasteiger partial charge in [-0.1, -0.05) is 34.4 Å². The highest BCUT2D eigenvalue weighted by atomic mass is 35.5. The van der Waals surface area contributed by atoms with Crippen LogP contribution in [0.2, 0.25) is 10.0 Å². The predicted octanol–water partition coefficient (Wildman–Crippen LogP) is 4.75. The minimum Gasteiger partial charge on any atom is -0.444 e. The summed E-state index contributed by atoms with van der Waals surface area (Å²) in [4.78, 5) is 19.4. The number of amides is 1. The second-order valence-corrected chi connectivity index (χ2v) is 8.65. The highest BCUT2D eigenvalue weighted by Crippen LogP contribution is 2.63. The summed E-state index contributed by atoms with van der Waals surface area (Å²) in [6, 6.07) is 5.68. The Morgan fingerprint density at radius 1 is 1.38 bits per heavy atom. The van der Waals surface area contributed by atoms with Gasteiger partial charge in [0.05, 0.1) is 10.0 Å². The van der Waals surface area contributed by atoms with Gasteiger partial charge in [-0.05, 0) is 51.3 Å². The van der Waals surface area contributed by atoms with E-state index in [2.05, 4.69) is 5.16 Å². The number of ether oxygens (including phenoxy) is 1. The summed E-state index contributed by atoms with van der Waals surface area (Å²) in [5, 5.41) is 5.09. The van der Waals surface area contributed by atoms with Crippen molar-refractivity contribution in [1.29, 1.82) is 0 Å². The number of hydrogen-bond donors (Lipinski definition) is 0. The van der Waals surface area contributed by atoms with Gasteiger partial charge in [0.25, 0.3) is 0 Å². The number of piperidine rings is 1. The number of oxime groups is 1. The van der Waals surface area contributed by atoms with Crippen LogP contribution >= 0.6 is 23.2 Å². The van der Waals surface area contributed by atoms with Gasteiger partial charge in [0.2, 0.25) is 0 Å². The summed E-state index contributed by atoms with van der Waals surface area (Å²) >= 11 is 12.3. The molecule has 1 aromatic carbocycles. The lowest BCUT2D eigenvalue weighted by Gasteiger charge is -2.27. The number of nitrogens with zero attached hydrogens (tertiary/aromatic N) is 2. The number of carbonyl (C=O) groups is 1. The molecule has 1 aromatic rings. The van der Waals surface area contributed by atoms with E-state index in [1.54, 1.807) is 11.0 Å². The van der Waals surface area contributed by atoms with Gasteiger partial charge in [0.15, 0.2) is 0 Å². The van der Waals surface area contributed by atoms with E-state index in [9.17, 15) is 4.79 Å². The largest absolute Gasteiger partial charge is 0.444 e. The Bertz CT molecular complexity index is 732. The summed E-state index contributed by atoms with van der Waals surface area (Å²) in [5.74, 6) is 0.460. The van der Waals surface area contributed by atoms with Gasteiger partial charge in [-0.3, -0.25) is 0 Å². The molecule has 1 amide bonds. The molecule has 26 heavy (non-hydrogen) atoms. The second kappa shape index (κ2) is 6.93. The van der Waals surface area contributed by atoms with Crippen LogP contribution in [0.3, 0.4) is 0 Å². The van der Waals surface area contributed by atoms with Crippen LogP contribution in [0.5, 0.6) is 0 Å².